The van der Waals surface area contributed by atoms with Crippen LogP contribution >= 0.6 is 22.9 Å². The summed E-state index contributed by atoms with van der Waals surface area (Å²) in [5.74, 6) is 0.464. The maximum atomic E-state index is 5.93. The second kappa shape index (κ2) is 6.88. The first-order valence-electron chi connectivity index (χ1n) is 5.99. The van der Waals surface area contributed by atoms with E-state index in [0.29, 0.717) is 12.5 Å². The Bertz CT molecular complexity index is 472. The van der Waals surface area contributed by atoms with E-state index in [9.17, 15) is 0 Å². The monoisotopic (exact) mass is 281 g/mol. The molecular weight excluding hydrogens is 266 g/mol. The van der Waals surface area contributed by atoms with Gasteiger partial charge in [0.2, 0.25) is 0 Å². The summed E-state index contributed by atoms with van der Waals surface area (Å²) in [6.07, 6.45) is 0.981. The van der Waals surface area contributed by atoms with Gasteiger partial charge in [0.05, 0.1) is 18.2 Å². The predicted octanol–water partition coefficient (Wildman–Crippen LogP) is 4.55. The van der Waals surface area contributed by atoms with Crippen LogP contribution in [-0.2, 0) is 17.2 Å². The van der Waals surface area contributed by atoms with Crippen molar-refractivity contribution < 1.29 is 4.74 Å². The molecule has 0 saturated carbocycles. The van der Waals surface area contributed by atoms with Crippen molar-refractivity contribution in [1.82, 2.24) is 4.98 Å². The van der Waals surface area contributed by atoms with E-state index in [0.717, 1.165) is 17.1 Å². The van der Waals surface area contributed by atoms with E-state index >= 15 is 0 Å². The number of benzene rings is 1. The van der Waals surface area contributed by atoms with Crippen LogP contribution in [0.5, 0.6) is 0 Å². The molecule has 0 N–H and O–H groups in total. The highest BCUT2D eigenvalue weighted by molar-refractivity contribution is 7.09. The number of thiazole rings is 1. The third-order valence-electron chi connectivity index (χ3n) is 2.65. The number of alkyl halides is 1. The van der Waals surface area contributed by atoms with Crippen LogP contribution < -0.4 is 0 Å². The Kier molecular flexibility index (Phi) is 5.17. The molecule has 0 amide bonds. The van der Waals surface area contributed by atoms with Crippen LogP contribution in [0.1, 0.15) is 35.7 Å². The largest absolute Gasteiger partial charge is 0.366 e. The molecule has 0 bridgehead atoms. The van der Waals surface area contributed by atoms with Gasteiger partial charge in [0, 0.05) is 5.38 Å². The zero-order valence-electron chi connectivity index (χ0n) is 10.3. The van der Waals surface area contributed by atoms with Crippen LogP contribution in [0.25, 0.3) is 0 Å². The molecule has 18 heavy (non-hydrogen) atoms. The van der Waals surface area contributed by atoms with Crippen molar-refractivity contribution in [2.45, 2.75) is 31.9 Å². The number of hydrogen-bond acceptors (Lipinski definition) is 3. The number of halogens is 1. The molecule has 1 aromatic heterocycles. The second-order valence-electron chi connectivity index (χ2n) is 4.00. The summed E-state index contributed by atoms with van der Waals surface area (Å²) in [6, 6.07) is 10.2. The van der Waals surface area contributed by atoms with E-state index in [1.807, 2.05) is 23.6 Å². The van der Waals surface area contributed by atoms with Crippen LogP contribution in [-0.4, -0.2) is 4.98 Å². The van der Waals surface area contributed by atoms with Gasteiger partial charge in [0.1, 0.15) is 11.1 Å². The molecule has 2 nitrogen and oxygen atoms in total. The lowest BCUT2D eigenvalue weighted by Gasteiger charge is -2.13. The number of nitrogens with zero attached hydrogens (tertiary/aromatic N) is 1. The Morgan fingerprint density at radius 2 is 2.11 bits per heavy atom. The minimum absolute atomic E-state index is 0.0622. The second-order valence-corrected chi connectivity index (χ2v) is 5.16. The van der Waals surface area contributed by atoms with Gasteiger partial charge in [-0.25, -0.2) is 4.98 Å². The Morgan fingerprint density at radius 1 is 1.33 bits per heavy atom. The summed E-state index contributed by atoms with van der Waals surface area (Å²) in [7, 11) is 0. The Balaban J connectivity index is 1.97. The van der Waals surface area contributed by atoms with Gasteiger partial charge in [-0.3, -0.25) is 0 Å². The van der Waals surface area contributed by atoms with E-state index in [1.165, 1.54) is 5.56 Å². The summed E-state index contributed by atoms with van der Waals surface area (Å²) < 4.78 is 5.93. The molecule has 0 aliphatic heterocycles. The van der Waals surface area contributed by atoms with E-state index in [1.54, 1.807) is 11.3 Å². The van der Waals surface area contributed by atoms with E-state index in [2.05, 4.69) is 24.0 Å². The van der Waals surface area contributed by atoms with Crippen LogP contribution in [0.3, 0.4) is 0 Å². The van der Waals surface area contributed by atoms with Crippen LogP contribution in [0.2, 0.25) is 0 Å². The first kappa shape index (κ1) is 13.5. The van der Waals surface area contributed by atoms with Crippen LogP contribution in [0.4, 0.5) is 0 Å². The molecule has 0 spiro atoms. The zero-order chi connectivity index (χ0) is 12.8. The predicted molar refractivity (Wildman–Crippen MR) is 75.9 cm³/mol. The number of aromatic nitrogens is 1. The lowest BCUT2D eigenvalue weighted by molar-refractivity contribution is 0.0369. The first-order chi connectivity index (χ1) is 8.83. The topological polar surface area (TPSA) is 22.1 Å². The van der Waals surface area contributed by atoms with Crippen LogP contribution in [0, 0.1) is 0 Å². The smallest absolute Gasteiger partial charge is 0.122 e. The highest BCUT2D eigenvalue weighted by atomic mass is 35.5. The maximum absolute atomic E-state index is 5.93. The van der Waals surface area contributed by atoms with Gasteiger partial charge in [-0.05, 0) is 12.0 Å². The number of hydrogen-bond donors (Lipinski definition) is 0. The molecule has 1 atom stereocenters. The van der Waals surface area contributed by atoms with Gasteiger partial charge in [-0.15, -0.1) is 22.9 Å². The third-order valence-corrected chi connectivity index (χ3v) is 3.91. The molecule has 0 fully saturated rings. The lowest BCUT2D eigenvalue weighted by Crippen LogP contribution is -2.03. The first-order valence-corrected chi connectivity index (χ1v) is 7.40. The molecule has 0 aliphatic rings. The van der Waals surface area contributed by atoms with Crippen molar-refractivity contribution >= 4 is 22.9 Å². The zero-order valence-corrected chi connectivity index (χ0v) is 11.9. The molecule has 0 radical (unpaired) electrons. The Hall–Kier alpha value is -0.900. The molecular formula is C14H16ClNOS. The average molecular weight is 282 g/mol. The fourth-order valence-electron chi connectivity index (χ4n) is 1.67. The molecule has 2 aromatic rings. The fraction of sp³-hybridized carbons (Fsp3) is 0.357. The molecule has 1 unspecified atom stereocenters. The summed E-state index contributed by atoms with van der Waals surface area (Å²) in [4.78, 5) is 4.47. The summed E-state index contributed by atoms with van der Waals surface area (Å²) >= 11 is 7.39. The van der Waals surface area contributed by atoms with E-state index in [4.69, 9.17) is 16.3 Å². The molecule has 0 aliphatic carbocycles. The van der Waals surface area contributed by atoms with Gasteiger partial charge in [-0.1, -0.05) is 37.3 Å². The highest BCUT2D eigenvalue weighted by Gasteiger charge is 2.14. The Morgan fingerprint density at radius 3 is 2.72 bits per heavy atom. The van der Waals surface area contributed by atoms with Crippen molar-refractivity contribution in [2.75, 3.05) is 0 Å². The maximum Gasteiger partial charge on any atom is 0.122 e. The van der Waals surface area contributed by atoms with Crippen LogP contribution in [0.15, 0.2) is 35.7 Å². The molecule has 4 heteroatoms. The minimum atomic E-state index is 0.0622. The van der Waals surface area contributed by atoms with E-state index < -0.39 is 0 Å². The van der Waals surface area contributed by atoms with Gasteiger partial charge in [-0.2, -0.15) is 0 Å². The standard InChI is InChI=1S/C14H16ClNOS/c1-2-13(14-16-12(8-15)10-18-14)17-9-11-6-4-3-5-7-11/h3-7,10,13H,2,8-9H2,1H3. The van der Waals surface area contributed by atoms with Crippen molar-refractivity contribution in [2.24, 2.45) is 0 Å². The molecule has 96 valence electrons. The number of rotatable bonds is 6. The molecule has 0 saturated heterocycles. The SMILES string of the molecule is CCC(OCc1ccccc1)c1nc(CCl)cs1. The van der Waals surface area contributed by atoms with Gasteiger partial charge in [0.25, 0.3) is 0 Å². The minimum Gasteiger partial charge on any atom is -0.366 e. The highest BCUT2D eigenvalue weighted by Crippen LogP contribution is 2.26. The van der Waals surface area contributed by atoms with Crippen molar-refractivity contribution in [1.29, 1.82) is 0 Å². The van der Waals surface area contributed by atoms with Crippen molar-refractivity contribution in [3.05, 3.63) is 52.0 Å². The third kappa shape index (κ3) is 3.55. The van der Waals surface area contributed by atoms with Gasteiger partial charge < -0.3 is 4.74 Å². The van der Waals surface area contributed by atoms with Gasteiger partial charge in [0.15, 0.2) is 0 Å². The Labute approximate surface area is 117 Å². The molecule has 2 rings (SSSR count). The molecule has 1 heterocycles. The quantitative estimate of drug-likeness (QED) is 0.725. The fourth-order valence-corrected chi connectivity index (χ4v) is 2.84. The normalized spacial score (nSPS) is 12.6. The average Bonchev–Trinajstić information content (AvgIpc) is 2.89. The van der Waals surface area contributed by atoms with E-state index in [-0.39, 0.29) is 6.10 Å². The lowest BCUT2D eigenvalue weighted by atomic mass is 10.2. The summed E-state index contributed by atoms with van der Waals surface area (Å²) in [5.41, 5.74) is 2.11. The van der Waals surface area contributed by atoms with Gasteiger partial charge >= 0.3 is 0 Å². The summed E-state index contributed by atoms with van der Waals surface area (Å²) in [6.45, 7) is 2.73. The van der Waals surface area contributed by atoms with Crippen molar-refractivity contribution in [3.63, 3.8) is 0 Å². The summed E-state index contributed by atoms with van der Waals surface area (Å²) in [5, 5.41) is 3.01. The molecule has 1 aromatic carbocycles. The number of ether oxygens (including phenoxy) is 1. The van der Waals surface area contributed by atoms with Crippen molar-refractivity contribution in [3.8, 4) is 0 Å².